The van der Waals surface area contributed by atoms with Gasteiger partial charge in [0.2, 0.25) is 5.91 Å². The molecule has 0 saturated carbocycles. The Kier molecular flexibility index (Phi) is 7.65. The van der Waals surface area contributed by atoms with Gasteiger partial charge in [-0.05, 0) is 55.3 Å². The first-order valence-corrected chi connectivity index (χ1v) is 10.5. The highest BCUT2D eigenvalue weighted by molar-refractivity contribution is 6.03. The van der Waals surface area contributed by atoms with Crippen molar-refractivity contribution < 1.29 is 9.59 Å². The van der Waals surface area contributed by atoms with Gasteiger partial charge in [0.1, 0.15) is 0 Å². The van der Waals surface area contributed by atoms with Gasteiger partial charge < -0.3 is 16.4 Å². The van der Waals surface area contributed by atoms with Crippen LogP contribution in [0.5, 0.6) is 0 Å². The Hall–Kier alpha value is -4.06. The van der Waals surface area contributed by atoms with Gasteiger partial charge in [0.05, 0.1) is 17.9 Å². The molecule has 0 unspecified atom stereocenters. The van der Waals surface area contributed by atoms with Crippen LogP contribution in [0, 0.1) is 0 Å². The highest BCUT2D eigenvalue weighted by Gasteiger charge is 2.16. The van der Waals surface area contributed by atoms with Crippen LogP contribution in [-0.2, 0) is 11.3 Å². The van der Waals surface area contributed by atoms with Gasteiger partial charge in [-0.3, -0.25) is 9.69 Å². The summed E-state index contributed by atoms with van der Waals surface area (Å²) in [6.07, 6.45) is 3.20. The summed E-state index contributed by atoms with van der Waals surface area (Å²) < 4.78 is 0. The number of para-hydroxylation sites is 3. The fourth-order valence-corrected chi connectivity index (χ4v) is 3.09. The molecule has 0 atom stereocenters. The number of amides is 3. The lowest BCUT2D eigenvalue weighted by molar-refractivity contribution is -0.111. The normalized spacial score (nSPS) is 10.8. The highest BCUT2D eigenvalue weighted by atomic mass is 16.2. The Labute approximate surface area is 188 Å². The van der Waals surface area contributed by atoms with Crippen molar-refractivity contribution in [2.24, 2.45) is 0 Å². The summed E-state index contributed by atoms with van der Waals surface area (Å²) >= 11 is 0. The number of rotatable bonds is 7. The number of anilines is 3. The lowest BCUT2D eigenvalue weighted by Gasteiger charge is -2.24. The molecular formula is C26H28N4O2. The summed E-state index contributed by atoms with van der Waals surface area (Å²) in [5.41, 5.74) is 9.63. The monoisotopic (exact) mass is 428 g/mol. The molecule has 32 heavy (non-hydrogen) atoms. The predicted molar refractivity (Wildman–Crippen MR) is 131 cm³/mol. The first-order valence-electron chi connectivity index (χ1n) is 10.5. The summed E-state index contributed by atoms with van der Waals surface area (Å²) in [7, 11) is 0. The van der Waals surface area contributed by atoms with E-state index in [4.69, 9.17) is 5.73 Å². The molecule has 4 N–H and O–H groups in total. The first-order chi connectivity index (χ1) is 15.4. The van der Waals surface area contributed by atoms with Crippen LogP contribution in [0.15, 0.2) is 84.9 Å². The van der Waals surface area contributed by atoms with Gasteiger partial charge in [-0.15, -0.1) is 0 Å². The molecule has 0 spiro atoms. The summed E-state index contributed by atoms with van der Waals surface area (Å²) in [6.45, 7) is 4.30. The molecule has 0 aliphatic heterocycles. The zero-order valence-electron chi connectivity index (χ0n) is 18.3. The quantitative estimate of drug-likeness (QED) is 0.364. The van der Waals surface area contributed by atoms with E-state index in [0.717, 1.165) is 16.8 Å². The number of carbonyl (C=O) groups is 2. The largest absolute Gasteiger partial charge is 0.397 e. The van der Waals surface area contributed by atoms with Crippen molar-refractivity contribution in [3.63, 3.8) is 0 Å². The molecule has 0 heterocycles. The summed E-state index contributed by atoms with van der Waals surface area (Å²) in [4.78, 5) is 26.6. The number of urea groups is 1. The van der Waals surface area contributed by atoms with E-state index < -0.39 is 0 Å². The topological polar surface area (TPSA) is 87.5 Å². The third-order valence-electron chi connectivity index (χ3n) is 4.69. The van der Waals surface area contributed by atoms with E-state index in [-0.39, 0.29) is 18.0 Å². The lowest BCUT2D eigenvalue weighted by atomic mass is 10.1. The molecule has 6 nitrogen and oxygen atoms in total. The van der Waals surface area contributed by atoms with Crippen molar-refractivity contribution in [1.29, 1.82) is 0 Å². The number of nitrogens with zero attached hydrogens (tertiary/aromatic N) is 1. The number of benzene rings is 3. The van der Waals surface area contributed by atoms with Crippen molar-refractivity contribution >= 4 is 35.1 Å². The van der Waals surface area contributed by atoms with Crippen LogP contribution in [0.1, 0.15) is 25.0 Å². The fourth-order valence-electron chi connectivity index (χ4n) is 3.09. The Bertz CT molecular complexity index is 1080. The van der Waals surface area contributed by atoms with Gasteiger partial charge in [0, 0.05) is 17.8 Å². The van der Waals surface area contributed by atoms with Crippen LogP contribution >= 0.6 is 0 Å². The maximum atomic E-state index is 12.7. The van der Waals surface area contributed by atoms with Gasteiger partial charge in [-0.2, -0.15) is 0 Å². The van der Waals surface area contributed by atoms with Crippen molar-refractivity contribution in [2.45, 2.75) is 26.4 Å². The molecule has 0 aliphatic carbocycles. The molecule has 3 aromatic rings. The minimum absolute atomic E-state index is 0.0404. The van der Waals surface area contributed by atoms with Crippen LogP contribution < -0.4 is 21.3 Å². The minimum atomic E-state index is -0.257. The average Bonchev–Trinajstić information content (AvgIpc) is 2.78. The van der Waals surface area contributed by atoms with E-state index in [1.807, 2.05) is 80.6 Å². The van der Waals surface area contributed by atoms with Crippen LogP contribution in [-0.4, -0.2) is 18.0 Å². The van der Waals surface area contributed by atoms with Crippen molar-refractivity contribution in [3.05, 3.63) is 96.1 Å². The van der Waals surface area contributed by atoms with E-state index >= 15 is 0 Å². The first kappa shape index (κ1) is 22.6. The Morgan fingerprint density at radius 3 is 2.25 bits per heavy atom. The molecule has 0 fully saturated rings. The molecule has 3 rings (SSSR count). The van der Waals surface area contributed by atoms with Gasteiger partial charge in [0.25, 0.3) is 0 Å². The smallest absolute Gasteiger partial charge is 0.322 e. The SMILES string of the molecule is CC(C)NC(=O)N(Cc1ccc(C=CC(=O)Nc2ccccc2N)cc1)c1ccccc1. The number of nitrogens with one attached hydrogen (secondary N) is 2. The van der Waals surface area contributed by atoms with Crippen LogP contribution in [0.25, 0.3) is 6.08 Å². The second-order valence-electron chi connectivity index (χ2n) is 7.68. The van der Waals surface area contributed by atoms with Crippen LogP contribution in [0.3, 0.4) is 0 Å². The zero-order valence-corrected chi connectivity index (χ0v) is 18.3. The molecule has 164 valence electrons. The second-order valence-corrected chi connectivity index (χ2v) is 7.68. The van der Waals surface area contributed by atoms with Gasteiger partial charge in [-0.25, -0.2) is 4.79 Å². The Morgan fingerprint density at radius 2 is 1.59 bits per heavy atom. The maximum absolute atomic E-state index is 12.7. The number of nitrogen functional groups attached to an aromatic ring is 1. The van der Waals surface area contributed by atoms with Crippen molar-refractivity contribution in [2.75, 3.05) is 16.0 Å². The third-order valence-corrected chi connectivity index (χ3v) is 4.69. The number of nitrogens with two attached hydrogens (primary N) is 1. The molecule has 0 aromatic heterocycles. The van der Waals surface area contributed by atoms with E-state index in [1.54, 1.807) is 23.1 Å². The molecular weight excluding hydrogens is 400 g/mol. The molecule has 3 aromatic carbocycles. The molecule has 0 aliphatic rings. The molecule has 6 heteroatoms. The van der Waals surface area contributed by atoms with E-state index in [0.29, 0.717) is 17.9 Å². The van der Waals surface area contributed by atoms with E-state index in [1.165, 1.54) is 6.08 Å². The number of hydrogen-bond acceptors (Lipinski definition) is 3. The van der Waals surface area contributed by atoms with Gasteiger partial charge in [0.15, 0.2) is 0 Å². The third kappa shape index (κ3) is 6.47. The number of carbonyl (C=O) groups excluding carboxylic acids is 2. The highest BCUT2D eigenvalue weighted by Crippen LogP contribution is 2.19. The predicted octanol–water partition coefficient (Wildman–Crippen LogP) is 5.05. The van der Waals surface area contributed by atoms with Crippen LogP contribution in [0.4, 0.5) is 21.9 Å². The second kappa shape index (κ2) is 10.8. The van der Waals surface area contributed by atoms with Gasteiger partial charge in [-0.1, -0.05) is 54.6 Å². The van der Waals surface area contributed by atoms with Gasteiger partial charge >= 0.3 is 6.03 Å². The van der Waals surface area contributed by atoms with E-state index in [2.05, 4.69) is 10.6 Å². The number of hydrogen-bond donors (Lipinski definition) is 3. The average molecular weight is 429 g/mol. The molecule has 0 bridgehead atoms. The summed E-state index contributed by atoms with van der Waals surface area (Å²) in [5.74, 6) is -0.257. The standard InChI is InChI=1S/C26H28N4O2/c1-19(2)28-26(32)30(22-8-4-3-5-9-22)18-21-14-12-20(13-15-21)16-17-25(31)29-24-11-7-6-10-23(24)27/h3-17,19H,18,27H2,1-2H3,(H,28,32)(H,29,31). The molecule has 0 radical (unpaired) electrons. The fraction of sp³-hybridized carbons (Fsp3) is 0.154. The van der Waals surface area contributed by atoms with Crippen molar-refractivity contribution in [3.8, 4) is 0 Å². The molecule has 3 amide bonds. The zero-order chi connectivity index (χ0) is 22.9. The molecule has 0 saturated heterocycles. The summed E-state index contributed by atoms with van der Waals surface area (Å²) in [6, 6.07) is 24.3. The Balaban J connectivity index is 1.67. The van der Waals surface area contributed by atoms with Crippen LogP contribution in [0.2, 0.25) is 0 Å². The minimum Gasteiger partial charge on any atom is -0.397 e. The maximum Gasteiger partial charge on any atom is 0.322 e. The summed E-state index contributed by atoms with van der Waals surface area (Å²) in [5, 5.41) is 5.71. The lowest BCUT2D eigenvalue weighted by Crippen LogP contribution is -2.42. The van der Waals surface area contributed by atoms with E-state index in [9.17, 15) is 9.59 Å². The van der Waals surface area contributed by atoms with Crippen molar-refractivity contribution in [1.82, 2.24) is 5.32 Å². The Morgan fingerprint density at radius 1 is 0.938 bits per heavy atom.